The fraction of sp³-hybridized carbons (Fsp3) is 0.154. The van der Waals surface area contributed by atoms with Crippen LogP contribution in [0.3, 0.4) is 0 Å². The second kappa shape index (κ2) is 5.25. The van der Waals surface area contributed by atoms with Crippen molar-refractivity contribution in [2.75, 3.05) is 7.11 Å². The third-order valence-corrected chi connectivity index (χ3v) is 3.18. The van der Waals surface area contributed by atoms with Crippen LogP contribution >= 0.6 is 11.6 Å². The van der Waals surface area contributed by atoms with E-state index in [1.165, 1.54) is 18.0 Å². The number of methoxy groups -OCH3 is 1. The van der Waals surface area contributed by atoms with Gasteiger partial charge in [-0.25, -0.2) is 18.7 Å². The summed E-state index contributed by atoms with van der Waals surface area (Å²) in [6.07, 6.45) is 1.26. The third-order valence-electron chi connectivity index (χ3n) is 2.94. The summed E-state index contributed by atoms with van der Waals surface area (Å²) in [5.74, 6) is -0.638. The Morgan fingerprint density at radius 2 is 2.10 bits per heavy atom. The average molecular weight is 311 g/mol. The summed E-state index contributed by atoms with van der Waals surface area (Å²) >= 11 is 5.85. The van der Waals surface area contributed by atoms with Crippen molar-refractivity contribution in [1.82, 2.24) is 19.5 Å². The third kappa shape index (κ3) is 2.19. The highest BCUT2D eigenvalue weighted by Gasteiger charge is 2.19. The summed E-state index contributed by atoms with van der Waals surface area (Å²) in [6, 6.07) is 3.13. The van der Waals surface area contributed by atoms with Crippen LogP contribution in [0, 0.1) is 11.6 Å². The first-order chi connectivity index (χ1) is 10.2. The van der Waals surface area contributed by atoms with Crippen LogP contribution < -0.4 is 4.74 Å². The van der Waals surface area contributed by atoms with Crippen LogP contribution in [0.2, 0.25) is 0 Å². The van der Waals surface area contributed by atoms with E-state index in [0.717, 1.165) is 18.2 Å². The largest absolute Gasteiger partial charge is 0.479 e. The van der Waals surface area contributed by atoms with Crippen molar-refractivity contribution in [3.8, 4) is 11.6 Å². The molecule has 21 heavy (non-hydrogen) atoms. The molecule has 0 saturated heterocycles. The van der Waals surface area contributed by atoms with E-state index < -0.39 is 11.6 Å². The maximum atomic E-state index is 14.0. The number of hydrogen-bond donors (Lipinski definition) is 0. The van der Waals surface area contributed by atoms with Gasteiger partial charge < -0.3 is 4.74 Å². The molecule has 5 nitrogen and oxygen atoms in total. The molecule has 0 fully saturated rings. The molecule has 3 aromatic rings. The van der Waals surface area contributed by atoms with Gasteiger partial charge in [0.15, 0.2) is 11.2 Å². The van der Waals surface area contributed by atoms with E-state index >= 15 is 0 Å². The van der Waals surface area contributed by atoms with E-state index in [0.29, 0.717) is 17.0 Å². The molecule has 0 aliphatic heterocycles. The normalized spacial score (nSPS) is 11.0. The van der Waals surface area contributed by atoms with Gasteiger partial charge in [0.25, 0.3) is 0 Å². The van der Waals surface area contributed by atoms with Gasteiger partial charge in [0.05, 0.1) is 18.7 Å². The molecule has 8 heteroatoms. The molecule has 0 unspecified atom stereocenters. The van der Waals surface area contributed by atoms with E-state index in [1.54, 1.807) is 0 Å². The first-order valence-corrected chi connectivity index (χ1v) is 6.47. The number of halogens is 3. The topological polar surface area (TPSA) is 52.8 Å². The van der Waals surface area contributed by atoms with Gasteiger partial charge in [0, 0.05) is 6.07 Å². The van der Waals surface area contributed by atoms with Gasteiger partial charge in [0.1, 0.15) is 23.8 Å². The number of nitrogens with zero attached hydrogens (tertiary/aromatic N) is 4. The Labute approximate surface area is 123 Å². The van der Waals surface area contributed by atoms with Crippen LogP contribution in [0.5, 0.6) is 5.88 Å². The lowest BCUT2D eigenvalue weighted by Gasteiger charge is -2.08. The number of rotatable bonds is 3. The number of imidazole rings is 1. The van der Waals surface area contributed by atoms with Crippen molar-refractivity contribution in [3.63, 3.8) is 0 Å². The van der Waals surface area contributed by atoms with Crippen molar-refractivity contribution < 1.29 is 13.5 Å². The molecule has 0 N–H and O–H groups in total. The summed E-state index contributed by atoms with van der Waals surface area (Å²) in [4.78, 5) is 12.2. The highest BCUT2D eigenvalue weighted by molar-refractivity contribution is 6.17. The second-order valence-corrected chi connectivity index (χ2v) is 4.42. The van der Waals surface area contributed by atoms with E-state index in [4.69, 9.17) is 16.3 Å². The minimum atomic E-state index is -0.611. The maximum Gasteiger partial charge on any atom is 0.245 e. The summed E-state index contributed by atoms with van der Waals surface area (Å²) in [7, 11) is 1.43. The lowest BCUT2D eigenvalue weighted by Crippen LogP contribution is -2.03. The first-order valence-electron chi connectivity index (χ1n) is 5.93. The predicted octanol–water partition coefficient (Wildman–Crippen LogP) is 2.84. The molecule has 0 saturated carbocycles. The summed E-state index contributed by atoms with van der Waals surface area (Å²) < 4.78 is 33.9. The zero-order chi connectivity index (χ0) is 15.0. The van der Waals surface area contributed by atoms with E-state index in [2.05, 4.69) is 15.0 Å². The molecule has 1 aromatic carbocycles. The number of fused-ring (bicyclic) bond motifs is 1. The number of aromatic nitrogens is 4. The van der Waals surface area contributed by atoms with Crippen LogP contribution in [0.15, 0.2) is 24.5 Å². The smallest absolute Gasteiger partial charge is 0.245 e. The second-order valence-electron chi connectivity index (χ2n) is 4.15. The van der Waals surface area contributed by atoms with Crippen LogP contribution in [-0.4, -0.2) is 26.6 Å². The molecule has 0 amide bonds. The van der Waals surface area contributed by atoms with Crippen LogP contribution in [0.1, 0.15) is 5.82 Å². The molecule has 2 aromatic heterocycles. The van der Waals surface area contributed by atoms with Crippen molar-refractivity contribution in [1.29, 1.82) is 0 Å². The average Bonchev–Trinajstić information content (AvgIpc) is 2.88. The Hall–Kier alpha value is -2.28. The molecule has 0 bridgehead atoms. The molecule has 0 aliphatic rings. The van der Waals surface area contributed by atoms with Crippen molar-refractivity contribution >= 4 is 22.8 Å². The van der Waals surface area contributed by atoms with Crippen LogP contribution in [-0.2, 0) is 5.88 Å². The van der Waals surface area contributed by atoms with Gasteiger partial charge in [-0.15, -0.1) is 11.6 Å². The minimum Gasteiger partial charge on any atom is -0.479 e. The number of ether oxygens (including phenoxy) is 1. The molecule has 0 atom stereocenters. The first kappa shape index (κ1) is 13.7. The lowest BCUT2D eigenvalue weighted by molar-refractivity contribution is 0.401. The summed E-state index contributed by atoms with van der Waals surface area (Å²) in [6.45, 7) is 0. The fourth-order valence-electron chi connectivity index (χ4n) is 2.07. The molecule has 0 radical (unpaired) electrons. The Bertz CT molecular complexity index is 821. The quantitative estimate of drug-likeness (QED) is 0.698. The highest BCUT2D eigenvalue weighted by atomic mass is 35.5. The van der Waals surface area contributed by atoms with Crippen molar-refractivity contribution in [3.05, 3.63) is 42.0 Å². The van der Waals surface area contributed by atoms with Gasteiger partial charge in [-0.3, -0.25) is 4.57 Å². The fourth-order valence-corrected chi connectivity index (χ4v) is 2.25. The maximum absolute atomic E-state index is 14.0. The van der Waals surface area contributed by atoms with Gasteiger partial charge in [0.2, 0.25) is 5.88 Å². The lowest BCUT2D eigenvalue weighted by atomic mass is 10.3. The Morgan fingerprint density at radius 3 is 2.81 bits per heavy atom. The number of benzene rings is 1. The summed E-state index contributed by atoms with van der Waals surface area (Å²) in [5, 5.41) is 0. The van der Waals surface area contributed by atoms with Crippen LogP contribution in [0.25, 0.3) is 16.9 Å². The highest BCUT2D eigenvalue weighted by Crippen LogP contribution is 2.27. The molecule has 108 valence electrons. The van der Waals surface area contributed by atoms with E-state index in [-0.39, 0.29) is 17.4 Å². The molecule has 0 aliphatic carbocycles. The van der Waals surface area contributed by atoms with Gasteiger partial charge in [-0.1, -0.05) is 0 Å². The van der Waals surface area contributed by atoms with Gasteiger partial charge in [-0.05, 0) is 12.1 Å². The van der Waals surface area contributed by atoms with Gasteiger partial charge in [-0.2, -0.15) is 4.98 Å². The standard InChI is InChI=1S/C13H9ClF2N4O/c1-21-13-11-12(17-6-18-13)20(10(5-14)19-11)9-4-7(15)2-3-8(9)16/h2-4,6H,5H2,1H3. The molecule has 2 heterocycles. The molecule has 3 rings (SSSR count). The monoisotopic (exact) mass is 310 g/mol. The van der Waals surface area contributed by atoms with Gasteiger partial charge >= 0.3 is 0 Å². The Morgan fingerprint density at radius 1 is 1.29 bits per heavy atom. The van der Waals surface area contributed by atoms with E-state index in [9.17, 15) is 8.78 Å². The zero-order valence-electron chi connectivity index (χ0n) is 10.8. The Balaban J connectivity index is 2.38. The summed E-state index contributed by atoms with van der Waals surface area (Å²) in [5.41, 5.74) is 0.607. The molecular formula is C13H9ClF2N4O. The number of hydrogen-bond acceptors (Lipinski definition) is 4. The van der Waals surface area contributed by atoms with E-state index in [1.807, 2.05) is 0 Å². The molecule has 0 spiro atoms. The molecular weight excluding hydrogens is 302 g/mol. The van der Waals surface area contributed by atoms with Crippen molar-refractivity contribution in [2.45, 2.75) is 5.88 Å². The SMILES string of the molecule is COc1ncnc2c1nc(CCl)n2-c1cc(F)ccc1F. The Kier molecular flexibility index (Phi) is 3.42. The van der Waals surface area contributed by atoms with Crippen LogP contribution in [0.4, 0.5) is 8.78 Å². The number of alkyl halides is 1. The van der Waals surface area contributed by atoms with Crippen molar-refractivity contribution in [2.24, 2.45) is 0 Å². The minimum absolute atomic E-state index is 0.00450. The zero-order valence-corrected chi connectivity index (χ0v) is 11.6. The predicted molar refractivity (Wildman–Crippen MR) is 72.7 cm³/mol.